The lowest BCUT2D eigenvalue weighted by atomic mass is 10.2. The second kappa shape index (κ2) is 5.65. The lowest BCUT2D eigenvalue weighted by Gasteiger charge is -2.07. The number of hydrogen-bond acceptors (Lipinski definition) is 3. The van der Waals surface area contributed by atoms with Gasteiger partial charge in [0.1, 0.15) is 6.04 Å². The van der Waals surface area contributed by atoms with Crippen molar-refractivity contribution < 1.29 is 4.79 Å². The standard InChI is InChI=1S/C11H20N4O/c1-8(2)4-13-5-10-6-15(7-14-10)9(3)11(12)16/h6-9,13H,4-5H2,1-3H3,(H2,12,16). The van der Waals surface area contributed by atoms with Crippen LogP contribution in [0.2, 0.25) is 0 Å². The van der Waals surface area contributed by atoms with E-state index in [2.05, 4.69) is 24.1 Å². The Kier molecular flexibility index (Phi) is 4.49. The number of hydrogen-bond donors (Lipinski definition) is 2. The molecule has 0 fully saturated rings. The van der Waals surface area contributed by atoms with Crippen molar-refractivity contribution in [1.29, 1.82) is 0 Å². The molecular weight excluding hydrogens is 204 g/mol. The van der Waals surface area contributed by atoms with E-state index < -0.39 is 0 Å². The molecule has 0 aromatic carbocycles. The van der Waals surface area contributed by atoms with Gasteiger partial charge in [-0.05, 0) is 19.4 Å². The van der Waals surface area contributed by atoms with Crippen LogP contribution in [0.5, 0.6) is 0 Å². The Morgan fingerprint density at radius 3 is 2.81 bits per heavy atom. The van der Waals surface area contributed by atoms with E-state index in [9.17, 15) is 4.79 Å². The molecule has 3 N–H and O–H groups in total. The predicted octanol–water partition coefficient (Wildman–Crippen LogP) is 0.675. The number of carbonyl (C=O) groups is 1. The summed E-state index contributed by atoms with van der Waals surface area (Å²) in [6.45, 7) is 7.74. The van der Waals surface area contributed by atoms with Gasteiger partial charge in [-0.3, -0.25) is 4.79 Å². The van der Waals surface area contributed by atoms with E-state index in [0.29, 0.717) is 5.92 Å². The first-order valence-corrected chi connectivity index (χ1v) is 5.53. The van der Waals surface area contributed by atoms with Crippen molar-refractivity contribution in [3.05, 3.63) is 18.2 Å². The molecule has 90 valence electrons. The Labute approximate surface area is 96.0 Å². The van der Waals surface area contributed by atoms with Gasteiger partial charge in [0, 0.05) is 12.7 Å². The number of imidazole rings is 1. The Morgan fingerprint density at radius 1 is 1.56 bits per heavy atom. The normalized spacial score (nSPS) is 13.0. The lowest BCUT2D eigenvalue weighted by molar-refractivity contribution is -0.120. The number of nitrogens with two attached hydrogens (primary N) is 1. The van der Waals surface area contributed by atoms with Crippen molar-refractivity contribution in [1.82, 2.24) is 14.9 Å². The highest BCUT2D eigenvalue weighted by Crippen LogP contribution is 2.06. The monoisotopic (exact) mass is 224 g/mol. The molecule has 1 rings (SSSR count). The van der Waals surface area contributed by atoms with Crippen LogP contribution in [0.15, 0.2) is 12.5 Å². The summed E-state index contributed by atoms with van der Waals surface area (Å²) in [6.07, 6.45) is 3.49. The van der Waals surface area contributed by atoms with E-state index in [0.717, 1.165) is 18.8 Å². The molecule has 5 heteroatoms. The molecule has 1 aromatic rings. The Morgan fingerprint density at radius 2 is 2.25 bits per heavy atom. The molecule has 1 amide bonds. The minimum atomic E-state index is -0.348. The summed E-state index contributed by atoms with van der Waals surface area (Å²) in [5, 5.41) is 3.29. The van der Waals surface area contributed by atoms with Gasteiger partial charge in [0.2, 0.25) is 5.91 Å². The molecule has 5 nitrogen and oxygen atoms in total. The smallest absolute Gasteiger partial charge is 0.240 e. The minimum absolute atomic E-state index is 0.341. The maximum atomic E-state index is 11.0. The van der Waals surface area contributed by atoms with Gasteiger partial charge in [0.05, 0.1) is 12.0 Å². The number of amides is 1. The largest absolute Gasteiger partial charge is 0.368 e. The zero-order chi connectivity index (χ0) is 12.1. The first kappa shape index (κ1) is 12.7. The maximum Gasteiger partial charge on any atom is 0.240 e. The average molecular weight is 224 g/mol. The lowest BCUT2D eigenvalue weighted by Crippen LogP contribution is -2.23. The summed E-state index contributed by atoms with van der Waals surface area (Å²) in [7, 11) is 0. The Balaban J connectivity index is 2.48. The molecule has 1 heterocycles. The highest BCUT2D eigenvalue weighted by Gasteiger charge is 2.11. The van der Waals surface area contributed by atoms with Crippen molar-refractivity contribution in [2.24, 2.45) is 11.7 Å². The molecule has 1 unspecified atom stereocenters. The van der Waals surface area contributed by atoms with Crippen LogP contribution in [0.1, 0.15) is 32.5 Å². The van der Waals surface area contributed by atoms with Crippen LogP contribution in [0.3, 0.4) is 0 Å². The molecule has 0 aliphatic rings. The number of nitrogens with zero attached hydrogens (tertiary/aromatic N) is 2. The summed E-state index contributed by atoms with van der Waals surface area (Å²) in [5.74, 6) is 0.269. The van der Waals surface area contributed by atoms with Crippen molar-refractivity contribution in [2.75, 3.05) is 6.54 Å². The first-order chi connectivity index (χ1) is 7.50. The van der Waals surface area contributed by atoms with E-state index >= 15 is 0 Å². The molecule has 0 bridgehead atoms. The summed E-state index contributed by atoms with van der Waals surface area (Å²) in [5.41, 5.74) is 6.14. The van der Waals surface area contributed by atoms with Gasteiger partial charge in [-0.2, -0.15) is 0 Å². The third kappa shape index (κ3) is 3.66. The van der Waals surface area contributed by atoms with Crippen molar-refractivity contribution in [2.45, 2.75) is 33.4 Å². The number of aromatic nitrogens is 2. The van der Waals surface area contributed by atoms with Gasteiger partial charge in [0.15, 0.2) is 0 Å². The molecule has 1 atom stereocenters. The summed E-state index contributed by atoms with van der Waals surface area (Å²) in [4.78, 5) is 15.2. The molecular formula is C11H20N4O. The van der Waals surface area contributed by atoms with Crippen LogP contribution < -0.4 is 11.1 Å². The van der Waals surface area contributed by atoms with Gasteiger partial charge in [-0.15, -0.1) is 0 Å². The van der Waals surface area contributed by atoms with E-state index in [-0.39, 0.29) is 11.9 Å². The Hall–Kier alpha value is -1.36. The summed E-state index contributed by atoms with van der Waals surface area (Å²) < 4.78 is 1.73. The minimum Gasteiger partial charge on any atom is -0.368 e. The van der Waals surface area contributed by atoms with E-state index in [1.807, 2.05) is 6.20 Å². The fourth-order valence-corrected chi connectivity index (χ4v) is 1.32. The van der Waals surface area contributed by atoms with Gasteiger partial charge in [-0.1, -0.05) is 13.8 Å². The second-order valence-electron chi connectivity index (χ2n) is 4.42. The zero-order valence-electron chi connectivity index (χ0n) is 10.1. The molecule has 1 aromatic heterocycles. The fraction of sp³-hybridized carbons (Fsp3) is 0.636. The molecule has 16 heavy (non-hydrogen) atoms. The van der Waals surface area contributed by atoms with Crippen LogP contribution in [-0.2, 0) is 11.3 Å². The van der Waals surface area contributed by atoms with Crippen molar-refractivity contribution in [3.63, 3.8) is 0 Å². The highest BCUT2D eigenvalue weighted by molar-refractivity contribution is 5.77. The third-order valence-corrected chi connectivity index (χ3v) is 2.37. The molecule has 0 spiro atoms. The number of rotatable bonds is 6. The zero-order valence-corrected chi connectivity index (χ0v) is 10.1. The quantitative estimate of drug-likeness (QED) is 0.746. The van der Waals surface area contributed by atoms with Crippen LogP contribution in [0.25, 0.3) is 0 Å². The molecule has 0 aliphatic carbocycles. The summed E-state index contributed by atoms with van der Waals surface area (Å²) >= 11 is 0. The number of carbonyl (C=O) groups excluding carboxylic acids is 1. The molecule has 0 saturated carbocycles. The SMILES string of the molecule is CC(C)CNCc1cn(C(C)C(N)=O)cn1. The van der Waals surface area contributed by atoms with Crippen molar-refractivity contribution >= 4 is 5.91 Å². The van der Waals surface area contributed by atoms with Gasteiger partial charge >= 0.3 is 0 Å². The second-order valence-corrected chi connectivity index (χ2v) is 4.42. The van der Waals surface area contributed by atoms with Crippen molar-refractivity contribution in [3.8, 4) is 0 Å². The van der Waals surface area contributed by atoms with E-state index in [1.165, 1.54) is 0 Å². The van der Waals surface area contributed by atoms with Crippen LogP contribution in [0, 0.1) is 5.92 Å². The summed E-state index contributed by atoms with van der Waals surface area (Å²) in [6, 6.07) is -0.341. The van der Waals surface area contributed by atoms with Crippen LogP contribution in [0.4, 0.5) is 0 Å². The fourth-order valence-electron chi connectivity index (χ4n) is 1.32. The van der Waals surface area contributed by atoms with Gasteiger partial charge < -0.3 is 15.6 Å². The van der Waals surface area contributed by atoms with Gasteiger partial charge in [-0.25, -0.2) is 4.98 Å². The number of primary amides is 1. The molecule has 0 saturated heterocycles. The topological polar surface area (TPSA) is 72.9 Å². The molecule has 0 radical (unpaired) electrons. The van der Waals surface area contributed by atoms with Gasteiger partial charge in [0.25, 0.3) is 0 Å². The highest BCUT2D eigenvalue weighted by atomic mass is 16.1. The number of nitrogens with one attached hydrogen (secondary N) is 1. The van der Waals surface area contributed by atoms with Crippen LogP contribution in [-0.4, -0.2) is 22.0 Å². The maximum absolute atomic E-state index is 11.0. The van der Waals surface area contributed by atoms with E-state index in [1.54, 1.807) is 17.8 Å². The first-order valence-electron chi connectivity index (χ1n) is 5.53. The Bertz CT molecular complexity index is 346. The molecule has 0 aliphatic heterocycles. The third-order valence-electron chi connectivity index (χ3n) is 2.37. The van der Waals surface area contributed by atoms with E-state index in [4.69, 9.17) is 5.73 Å². The predicted molar refractivity (Wildman–Crippen MR) is 62.7 cm³/mol. The van der Waals surface area contributed by atoms with Crippen LogP contribution >= 0.6 is 0 Å². The average Bonchev–Trinajstić information content (AvgIpc) is 2.64.